The molecule has 7 nitrogen and oxygen atoms in total. The number of rotatable bonds is 5. The molecule has 2 aromatic carbocycles. The van der Waals surface area contributed by atoms with Crippen molar-refractivity contribution in [1.82, 2.24) is 9.78 Å². The molecule has 0 bridgehead atoms. The van der Waals surface area contributed by atoms with E-state index >= 15 is 0 Å². The Morgan fingerprint density at radius 1 is 1.03 bits per heavy atom. The Hall–Kier alpha value is -3.48. The van der Waals surface area contributed by atoms with Gasteiger partial charge in [-0.05, 0) is 36.8 Å². The number of carbonyl (C=O) groups excluding carboxylic acids is 1. The van der Waals surface area contributed by atoms with Crippen LogP contribution in [0.5, 0.6) is 17.2 Å². The highest BCUT2D eigenvalue weighted by atomic mass is 16.5. The standard InChI is InChI=1S/C22H23N3O4/c1-13-5-7-15(8-6-13)25-22-17(12-23-25)16(11-20(26)24-22)14-9-18(27-2)21(29-4)19(10-14)28-3/h5-10,12,16H,11H2,1-4H3,(H,24,26). The second kappa shape index (κ2) is 7.50. The largest absolute Gasteiger partial charge is 0.493 e. The number of ether oxygens (including phenoxy) is 3. The summed E-state index contributed by atoms with van der Waals surface area (Å²) in [7, 11) is 4.73. The lowest BCUT2D eigenvalue weighted by molar-refractivity contribution is -0.116. The zero-order valence-electron chi connectivity index (χ0n) is 16.9. The number of nitrogens with zero attached hydrogens (tertiary/aromatic N) is 2. The molecule has 0 saturated heterocycles. The maximum Gasteiger partial charge on any atom is 0.226 e. The molecule has 1 unspecified atom stereocenters. The van der Waals surface area contributed by atoms with Crippen molar-refractivity contribution in [3.05, 3.63) is 59.3 Å². The minimum Gasteiger partial charge on any atom is -0.493 e. The minimum absolute atomic E-state index is 0.0647. The van der Waals surface area contributed by atoms with Gasteiger partial charge in [0.1, 0.15) is 5.82 Å². The summed E-state index contributed by atoms with van der Waals surface area (Å²) in [5.41, 5.74) is 3.90. The van der Waals surface area contributed by atoms with Gasteiger partial charge in [-0.2, -0.15) is 5.10 Å². The number of benzene rings is 2. The fourth-order valence-corrected chi connectivity index (χ4v) is 3.70. The normalized spacial score (nSPS) is 15.4. The number of aromatic nitrogens is 2. The molecule has 0 spiro atoms. The van der Waals surface area contributed by atoms with Crippen molar-refractivity contribution in [2.75, 3.05) is 26.6 Å². The Labute approximate surface area is 169 Å². The van der Waals surface area contributed by atoms with Crippen molar-refractivity contribution >= 4 is 11.7 Å². The quantitative estimate of drug-likeness (QED) is 0.716. The second-order valence-electron chi connectivity index (χ2n) is 6.96. The molecule has 29 heavy (non-hydrogen) atoms. The number of fused-ring (bicyclic) bond motifs is 1. The van der Waals surface area contributed by atoms with Crippen molar-refractivity contribution < 1.29 is 19.0 Å². The number of methoxy groups -OCH3 is 3. The molecule has 0 aliphatic carbocycles. The van der Waals surface area contributed by atoms with E-state index in [4.69, 9.17) is 14.2 Å². The van der Waals surface area contributed by atoms with Crippen LogP contribution in [0.3, 0.4) is 0 Å². The molecule has 1 amide bonds. The predicted molar refractivity (Wildman–Crippen MR) is 109 cm³/mol. The maximum atomic E-state index is 12.5. The van der Waals surface area contributed by atoms with Gasteiger partial charge >= 0.3 is 0 Å². The van der Waals surface area contributed by atoms with Crippen LogP contribution in [0.4, 0.5) is 5.82 Å². The summed E-state index contributed by atoms with van der Waals surface area (Å²) in [4.78, 5) is 12.5. The first kappa shape index (κ1) is 18.9. The first-order chi connectivity index (χ1) is 14.0. The molecule has 0 fully saturated rings. The van der Waals surface area contributed by atoms with Crippen LogP contribution < -0.4 is 19.5 Å². The molecule has 4 rings (SSSR count). The number of carbonyl (C=O) groups is 1. The van der Waals surface area contributed by atoms with Gasteiger partial charge in [0.2, 0.25) is 11.7 Å². The van der Waals surface area contributed by atoms with Gasteiger partial charge in [0.15, 0.2) is 11.5 Å². The first-order valence-electron chi connectivity index (χ1n) is 9.30. The molecular weight excluding hydrogens is 370 g/mol. The van der Waals surface area contributed by atoms with Crippen LogP contribution in [-0.2, 0) is 4.79 Å². The maximum absolute atomic E-state index is 12.5. The molecule has 3 aromatic rings. The lowest BCUT2D eigenvalue weighted by atomic mass is 9.87. The minimum atomic E-state index is -0.174. The molecule has 1 N–H and O–H groups in total. The molecular formula is C22H23N3O4. The smallest absolute Gasteiger partial charge is 0.226 e. The SMILES string of the molecule is COc1cc(C2CC(=O)Nc3c2cnn3-c2ccc(C)cc2)cc(OC)c1OC. The number of hydrogen-bond donors (Lipinski definition) is 1. The van der Waals surface area contributed by atoms with Crippen molar-refractivity contribution in [2.45, 2.75) is 19.3 Å². The fraction of sp³-hybridized carbons (Fsp3) is 0.273. The molecule has 1 aliphatic rings. The Morgan fingerprint density at radius 2 is 1.69 bits per heavy atom. The molecule has 7 heteroatoms. The number of nitrogens with one attached hydrogen (secondary N) is 1. The van der Waals surface area contributed by atoms with Gasteiger partial charge in [0, 0.05) is 17.9 Å². The van der Waals surface area contributed by atoms with E-state index in [1.165, 1.54) is 0 Å². The van der Waals surface area contributed by atoms with Crippen molar-refractivity contribution in [2.24, 2.45) is 0 Å². The Kier molecular flexibility index (Phi) is 4.88. The summed E-state index contributed by atoms with van der Waals surface area (Å²) in [6.45, 7) is 2.03. The highest BCUT2D eigenvalue weighted by Crippen LogP contribution is 2.44. The van der Waals surface area contributed by atoms with E-state index < -0.39 is 0 Å². The van der Waals surface area contributed by atoms with Crippen molar-refractivity contribution in [3.63, 3.8) is 0 Å². The van der Waals surface area contributed by atoms with E-state index in [0.29, 0.717) is 29.5 Å². The lowest BCUT2D eigenvalue weighted by Crippen LogP contribution is -2.24. The van der Waals surface area contributed by atoms with Crippen LogP contribution in [0, 0.1) is 6.92 Å². The van der Waals surface area contributed by atoms with E-state index in [2.05, 4.69) is 10.4 Å². The summed E-state index contributed by atoms with van der Waals surface area (Å²) < 4.78 is 18.1. The fourth-order valence-electron chi connectivity index (χ4n) is 3.70. The van der Waals surface area contributed by atoms with Gasteiger partial charge in [-0.1, -0.05) is 17.7 Å². The Balaban J connectivity index is 1.82. The third kappa shape index (κ3) is 3.29. The zero-order chi connectivity index (χ0) is 20.5. The third-order valence-corrected chi connectivity index (χ3v) is 5.19. The summed E-state index contributed by atoms with van der Waals surface area (Å²) in [5.74, 6) is 2.08. The van der Waals surface area contributed by atoms with Gasteiger partial charge in [-0.3, -0.25) is 4.79 Å². The first-order valence-corrected chi connectivity index (χ1v) is 9.30. The zero-order valence-corrected chi connectivity index (χ0v) is 16.9. The average molecular weight is 393 g/mol. The number of aryl methyl sites for hydroxylation is 1. The number of anilines is 1. The summed E-state index contributed by atoms with van der Waals surface area (Å²) in [6.07, 6.45) is 2.12. The van der Waals surface area contributed by atoms with Crippen LogP contribution >= 0.6 is 0 Å². The Morgan fingerprint density at radius 3 is 2.28 bits per heavy atom. The highest BCUT2D eigenvalue weighted by Gasteiger charge is 2.31. The van der Waals surface area contributed by atoms with Crippen LogP contribution in [0.25, 0.3) is 5.69 Å². The van der Waals surface area contributed by atoms with Crippen molar-refractivity contribution in [3.8, 4) is 22.9 Å². The Bertz CT molecular complexity index is 1030. The van der Waals surface area contributed by atoms with Gasteiger partial charge in [-0.25, -0.2) is 4.68 Å². The monoisotopic (exact) mass is 393 g/mol. The second-order valence-corrected chi connectivity index (χ2v) is 6.96. The topological polar surface area (TPSA) is 74.6 Å². The molecule has 2 heterocycles. The van der Waals surface area contributed by atoms with Gasteiger partial charge < -0.3 is 19.5 Å². The van der Waals surface area contributed by atoms with E-state index in [0.717, 1.165) is 22.4 Å². The molecule has 150 valence electrons. The molecule has 1 aliphatic heterocycles. The summed E-state index contributed by atoms with van der Waals surface area (Å²) >= 11 is 0. The lowest BCUT2D eigenvalue weighted by Gasteiger charge is -2.25. The van der Waals surface area contributed by atoms with Gasteiger partial charge in [-0.15, -0.1) is 0 Å². The van der Waals surface area contributed by atoms with E-state index in [9.17, 15) is 4.79 Å². The molecule has 0 radical (unpaired) electrons. The molecule has 1 aromatic heterocycles. The number of hydrogen-bond acceptors (Lipinski definition) is 5. The molecule has 0 saturated carbocycles. The molecule has 1 atom stereocenters. The van der Waals surface area contributed by atoms with Gasteiger partial charge in [0.05, 0.1) is 33.2 Å². The van der Waals surface area contributed by atoms with Crippen LogP contribution in [-0.4, -0.2) is 37.0 Å². The summed E-state index contributed by atoms with van der Waals surface area (Å²) in [5, 5.41) is 7.52. The van der Waals surface area contributed by atoms with E-state index in [1.54, 1.807) is 26.0 Å². The predicted octanol–water partition coefficient (Wildman–Crippen LogP) is 3.68. The van der Waals surface area contributed by atoms with E-state index in [1.807, 2.05) is 49.5 Å². The van der Waals surface area contributed by atoms with Gasteiger partial charge in [0.25, 0.3) is 0 Å². The highest BCUT2D eigenvalue weighted by molar-refractivity contribution is 5.94. The third-order valence-electron chi connectivity index (χ3n) is 5.19. The van der Waals surface area contributed by atoms with Crippen LogP contribution in [0.1, 0.15) is 29.0 Å². The van der Waals surface area contributed by atoms with E-state index in [-0.39, 0.29) is 11.8 Å². The van der Waals surface area contributed by atoms with Crippen molar-refractivity contribution in [1.29, 1.82) is 0 Å². The summed E-state index contributed by atoms with van der Waals surface area (Å²) in [6, 6.07) is 11.8. The number of amides is 1. The van der Waals surface area contributed by atoms with Crippen LogP contribution in [0.2, 0.25) is 0 Å². The average Bonchev–Trinajstić information content (AvgIpc) is 3.16. The van der Waals surface area contributed by atoms with Crippen LogP contribution in [0.15, 0.2) is 42.6 Å².